The Bertz CT molecular complexity index is 546. The van der Waals surface area contributed by atoms with Crippen molar-refractivity contribution in [1.82, 2.24) is 4.72 Å². The van der Waals surface area contributed by atoms with Crippen LogP contribution in [0.4, 0.5) is 5.69 Å². The molecule has 0 saturated carbocycles. The van der Waals surface area contributed by atoms with E-state index in [9.17, 15) is 8.42 Å². The minimum atomic E-state index is -3.60. The highest BCUT2D eigenvalue weighted by atomic mass is 35.5. The average molecular weight is 308 g/mol. The summed E-state index contributed by atoms with van der Waals surface area (Å²) in [5.41, 5.74) is 6.31. The fourth-order valence-electron chi connectivity index (χ4n) is 1.17. The molecule has 0 atom stereocenters. The quantitative estimate of drug-likeness (QED) is 0.697. The Labute approximate surface area is 117 Å². The number of nitrogens with one attached hydrogen (secondary N) is 2. The van der Waals surface area contributed by atoms with Crippen molar-refractivity contribution in [2.45, 2.75) is 13.3 Å². The summed E-state index contributed by atoms with van der Waals surface area (Å²) in [7, 11) is -3.60. The third-order valence-electron chi connectivity index (χ3n) is 2.04. The third kappa shape index (κ3) is 4.41. The second kappa shape index (κ2) is 6.33. The van der Waals surface area contributed by atoms with Gasteiger partial charge in [0.15, 0.2) is 0 Å². The van der Waals surface area contributed by atoms with Crippen LogP contribution in [0.5, 0.6) is 0 Å². The molecule has 0 aliphatic carbocycles. The van der Waals surface area contributed by atoms with E-state index in [0.717, 1.165) is 0 Å². The smallest absolute Gasteiger partial charge is 0.299 e. The SMILES string of the molecule is CCCNS(=O)(=O)Nc1ccc(C(N)=S)cc1Cl. The number of halogens is 1. The lowest BCUT2D eigenvalue weighted by Gasteiger charge is -2.10. The molecule has 8 heteroatoms. The maximum absolute atomic E-state index is 11.6. The largest absolute Gasteiger partial charge is 0.389 e. The molecule has 0 fully saturated rings. The summed E-state index contributed by atoms with van der Waals surface area (Å²) in [4.78, 5) is 0.204. The monoisotopic (exact) mass is 307 g/mol. The van der Waals surface area contributed by atoms with Gasteiger partial charge in [0.1, 0.15) is 4.99 Å². The first kappa shape index (κ1) is 15.2. The Morgan fingerprint density at radius 1 is 1.50 bits per heavy atom. The van der Waals surface area contributed by atoms with E-state index < -0.39 is 10.2 Å². The lowest BCUT2D eigenvalue weighted by Crippen LogP contribution is -2.30. The van der Waals surface area contributed by atoms with Crippen LogP contribution in [0.3, 0.4) is 0 Å². The predicted molar refractivity (Wildman–Crippen MR) is 78.2 cm³/mol. The normalized spacial score (nSPS) is 11.2. The first-order chi connectivity index (χ1) is 8.35. The molecule has 0 heterocycles. The fourth-order valence-corrected chi connectivity index (χ4v) is 2.59. The molecule has 0 unspecified atom stereocenters. The number of rotatable bonds is 6. The summed E-state index contributed by atoms with van der Waals surface area (Å²) >= 11 is 10.7. The van der Waals surface area contributed by atoms with Crippen LogP contribution in [-0.2, 0) is 10.2 Å². The van der Waals surface area contributed by atoms with Crippen molar-refractivity contribution in [2.75, 3.05) is 11.3 Å². The summed E-state index contributed by atoms with van der Waals surface area (Å²) in [6.45, 7) is 2.23. The molecule has 18 heavy (non-hydrogen) atoms. The van der Waals surface area contributed by atoms with Gasteiger partial charge in [0.25, 0.3) is 10.2 Å². The molecule has 0 radical (unpaired) electrons. The second-order valence-corrected chi connectivity index (χ2v) is 5.91. The number of hydrogen-bond acceptors (Lipinski definition) is 3. The van der Waals surface area contributed by atoms with E-state index in [2.05, 4.69) is 9.44 Å². The number of anilines is 1. The summed E-state index contributed by atoms with van der Waals surface area (Å²) in [5, 5.41) is 0.238. The zero-order valence-corrected chi connectivity index (χ0v) is 12.1. The molecular weight excluding hydrogens is 294 g/mol. The van der Waals surface area contributed by atoms with Gasteiger partial charge < -0.3 is 5.73 Å². The molecule has 5 nitrogen and oxygen atoms in total. The van der Waals surface area contributed by atoms with E-state index in [1.807, 2.05) is 6.92 Å². The van der Waals surface area contributed by atoms with Crippen molar-refractivity contribution in [3.8, 4) is 0 Å². The van der Waals surface area contributed by atoms with Gasteiger partial charge in [0.2, 0.25) is 0 Å². The average Bonchev–Trinajstić information content (AvgIpc) is 2.29. The first-order valence-corrected chi connectivity index (χ1v) is 7.49. The molecule has 4 N–H and O–H groups in total. The lowest BCUT2D eigenvalue weighted by atomic mass is 10.2. The summed E-state index contributed by atoms with van der Waals surface area (Å²) in [6.07, 6.45) is 0.703. The Morgan fingerprint density at radius 3 is 2.67 bits per heavy atom. The number of benzene rings is 1. The van der Waals surface area contributed by atoms with E-state index in [1.165, 1.54) is 12.1 Å². The van der Waals surface area contributed by atoms with Crippen LogP contribution in [-0.4, -0.2) is 20.0 Å². The van der Waals surface area contributed by atoms with Gasteiger partial charge in [-0.3, -0.25) is 4.72 Å². The summed E-state index contributed by atoms with van der Waals surface area (Å²) < 4.78 is 27.9. The number of thiocarbonyl (C=S) groups is 1. The highest BCUT2D eigenvalue weighted by Gasteiger charge is 2.11. The van der Waals surface area contributed by atoms with Gasteiger partial charge in [-0.05, 0) is 24.6 Å². The number of hydrogen-bond donors (Lipinski definition) is 3. The van der Waals surface area contributed by atoms with E-state index in [-0.39, 0.29) is 15.7 Å². The predicted octanol–water partition coefficient (Wildman–Crippen LogP) is 1.63. The van der Waals surface area contributed by atoms with Crippen LogP contribution in [0.25, 0.3) is 0 Å². The van der Waals surface area contributed by atoms with Crippen LogP contribution in [0.15, 0.2) is 18.2 Å². The van der Waals surface area contributed by atoms with Crippen LogP contribution >= 0.6 is 23.8 Å². The Morgan fingerprint density at radius 2 is 2.17 bits per heavy atom. The minimum absolute atomic E-state index is 0.204. The molecule has 1 aromatic carbocycles. The standard InChI is InChI=1S/C10H14ClN3O2S2/c1-2-5-13-18(15,16)14-9-4-3-7(10(12)17)6-8(9)11/h3-4,6,13-14H,2,5H2,1H3,(H2,12,17). The molecule has 1 aromatic rings. The van der Waals surface area contributed by atoms with E-state index in [0.29, 0.717) is 18.5 Å². The number of nitrogens with two attached hydrogens (primary N) is 1. The van der Waals surface area contributed by atoms with Crippen LogP contribution in [0.2, 0.25) is 5.02 Å². The zero-order valence-electron chi connectivity index (χ0n) is 9.73. The molecule has 0 bridgehead atoms. The van der Waals surface area contributed by atoms with Gasteiger partial charge in [-0.2, -0.15) is 13.1 Å². The minimum Gasteiger partial charge on any atom is -0.389 e. The third-order valence-corrected chi connectivity index (χ3v) is 3.66. The molecule has 100 valence electrons. The van der Waals surface area contributed by atoms with Crippen LogP contribution < -0.4 is 15.2 Å². The lowest BCUT2D eigenvalue weighted by molar-refractivity contribution is 0.586. The first-order valence-electron chi connectivity index (χ1n) is 5.22. The van der Waals surface area contributed by atoms with Crippen molar-refractivity contribution in [3.63, 3.8) is 0 Å². The fraction of sp³-hybridized carbons (Fsp3) is 0.300. The zero-order chi connectivity index (χ0) is 13.8. The van der Waals surface area contributed by atoms with Crippen molar-refractivity contribution in [1.29, 1.82) is 0 Å². The van der Waals surface area contributed by atoms with Crippen molar-refractivity contribution < 1.29 is 8.42 Å². The molecular formula is C10H14ClN3O2S2. The maximum Gasteiger partial charge on any atom is 0.299 e. The second-order valence-electron chi connectivity index (χ2n) is 3.56. The molecule has 1 rings (SSSR count). The molecule has 0 amide bonds. The van der Waals surface area contributed by atoms with Crippen molar-refractivity contribution in [3.05, 3.63) is 28.8 Å². The molecule has 0 saturated heterocycles. The molecule has 0 aliphatic heterocycles. The summed E-state index contributed by atoms with van der Waals surface area (Å²) in [5.74, 6) is 0. The Kier molecular flexibility index (Phi) is 5.33. The maximum atomic E-state index is 11.6. The van der Waals surface area contributed by atoms with E-state index >= 15 is 0 Å². The van der Waals surface area contributed by atoms with Crippen molar-refractivity contribution >= 4 is 44.7 Å². The van der Waals surface area contributed by atoms with Gasteiger partial charge in [0, 0.05) is 12.1 Å². The van der Waals surface area contributed by atoms with Gasteiger partial charge in [-0.25, -0.2) is 0 Å². The van der Waals surface area contributed by atoms with Gasteiger partial charge in [-0.1, -0.05) is 30.7 Å². The van der Waals surface area contributed by atoms with E-state index in [4.69, 9.17) is 29.6 Å². The van der Waals surface area contributed by atoms with Gasteiger partial charge in [0.05, 0.1) is 10.7 Å². The molecule has 0 spiro atoms. The van der Waals surface area contributed by atoms with Crippen LogP contribution in [0.1, 0.15) is 18.9 Å². The van der Waals surface area contributed by atoms with Crippen LogP contribution in [0, 0.1) is 0 Å². The van der Waals surface area contributed by atoms with Crippen molar-refractivity contribution in [2.24, 2.45) is 5.73 Å². The molecule has 0 aliphatic rings. The summed E-state index contributed by atoms with van der Waals surface area (Å²) in [6, 6.07) is 4.63. The van der Waals surface area contributed by atoms with E-state index in [1.54, 1.807) is 6.07 Å². The Balaban J connectivity index is 2.89. The highest BCUT2D eigenvalue weighted by molar-refractivity contribution is 7.90. The van der Waals surface area contributed by atoms with Gasteiger partial charge in [-0.15, -0.1) is 0 Å². The Hall–Kier alpha value is -0.890. The topological polar surface area (TPSA) is 84.2 Å². The molecule has 0 aromatic heterocycles. The highest BCUT2D eigenvalue weighted by Crippen LogP contribution is 2.23. The van der Waals surface area contributed by atoms with Gasteiger partial charge >= 0.3 is 0 Å².